The highest BCUT2D eigenvalue weighted by Gasteiger charge is 2.55. The molecule has 2 fully saturated rings. The van der Waals surface area contributed by atoms with Gasteiger partial charge in [0.1, 0.15) is 5.75 Å². The number of carbonyl (C=O) groups excluding carboxylic acids is 3. The molecule has 2 aromatic rings. The van der Waals surface area contributed by atoms with Gasteiger partial charge in [0.2, 0.25) is 17.7 Å². The third-order valence-corrected chi connectivity index (χ3v) is 7.29. The van der Waals surface area contributed by atoms with Gasteiger partial charge in [0.25, 0.3) is 0 Å². The van der Waals surface area contributed by atoms with E-state index in [2.05, 4.69) is 0 Å². The molecule has 1 aromatic carbocycles. The van der Waals surface area contributed by atoms with Gasteiger partial charge < -0.3 is 9.64 Å². The first-order chi connectivity index (χ1) is 14.9. The van der Waals surface area contributed by atoms with Crippen molar-refractivity contribution in [2.24, 2.45) is 0 Å². The van der Waals surface area contributed by atoms with E-state index in [0.717, 1.165) is 31.2 Å². The Balaban J connectivity index is 1.65. The standard InChI is InChI=1S/C24H28N2O4S/c1-25(15-17-11-12-31-16-17)21(27)13-24(18-7-9-20(30-2)10-8-18)14-22(28)26(23(24)29)19-5-3-4-6-19/h7-12,16,19H,3-6,13-15H2,1-2H3/t24-/m1/s1. The topological polar surface area (TPSA) is 66.9 Å². The maximum Gasteiger partial charge on any atom is 0.241 e. The summed E-state index contributed by atoms with van der Waals surface area (Å²) in [5, 5.41) is 3.99. The van der Waals surface area contributed by atoms with E-state index in [1.165, 1.54) is 4.90 Å². The minimum absolute atomic E-state index is 0.0201. The number of likely N-dealkylation sites (tertiary alicyclic amines) is 1. The van der Waals surface area contributed by atoms with Crippen molar-refractivity contribution in [3.8, 4) is 5.75 Å². The molecule has 4 rings (SSSR count). The lowest BCUT2D eigenvalue weighted by Crippen LogP contribution is -2.45. The second-order valence-corrected chi connectivity index (χ2v) is 9.33. The van der Waals surface area contributed by atoms with Crippen LogP contribution in [0.5, 0.6) is 5.75 Å². The van der Waals surface area contributed by atoms with E-state index in [-0.39, 0.29) is 36.6 Å². The molecule has 31 heavy (non-hydrogen) atoms. The summed E-state index contributed by atoms with van der Waals surface area (Å²) in [6.45, 7) is 0.482. The van der Waals surface area contributed by atoms with Crippen molar-refractivity contribution < 1.29 is 19.1 Å². The number of thiophene rings is 1. The Morgan fingerprint density at radius 1 is 1.19 bits per heavy atom. The maximum atomic E-state index is 13.8. The molecule has 2 aliphatic rings. The van der Waals surface area contributed by atoms with Crippen LogP contribution in [0.1, 0.15) is 49.7 Å². The highest BCUT2D eigenvalue weighted by atomic mass is 32.1. The Bertz CT molecular complexity index is 950. The van der Waals surface area contributed by atoms with E-state index in [9.17, 15) is 14.4 Å². The summed E-state index contributed by atoms with van der Waals surface area (Å²) < 4.78 is 5.26. The number of amides is 3. The van der Waals surface area contributed by atoms with Gasteiger partial charge in [-0.2, -0.15) is 11.3 Å². The SMILES string of the molecule is COc1ccc([C@@]2(CC(=O)N(C)Cc3ccsc3)CC(=O)N(C3CCCC3)C2=O)cc1. The molecule has 1 saturated carbocycles. The largest absolute Gasteiger partial charge is 0.497 e. The monoisotopic (exact) mass is 440 g/mol. The third-order valence-electron chi connectivity index (χ3n) is 6.56. The molecule has 1 aliphatic carbocycles. The fraction of sp³-hybridized carbons (Fsp3) is 0.458. The molecule has 2 heterocycles. The first kappa shape index (κ1) is 21.6. The lowest BCUT2D eigenvalue weighted by atomic mass is 9.75. The average Bonchev–Trinajstić information content (AvgIpc) is 3.51. The van der Waals surface area contributed by atoms with E-state index >= 15 is 0 Å². The summed E-state index contributed by atoms with van der Waals surface area (Å²) in [5.74, 6) is 0.133. The van der Waals surface area contributed by atoms with Crippen molar-refractivity contribution in [2.45, 2.75) is 56.5 Å². The van der Waals surface area contributed by atoms with Crippen LogP contribution < -0.4 is 4.74 Å². The maximum absolute atomic E-state index is 13.8. The predicted octanol–water partition coefficient (Wildman–Crippen LogP) is 3.74. The van der Waals surface area contributed by atoms with Gasteiger partial charge in [-0.1, -0.05) is 25.0 Å². The Labute approximate surface area is 186 Å². The molecule has 0 radical (unpaired) electrons. The van der Waals surface area contributed by atoms with Gasteiger partial charge >= 0.3 is 0 Å². The number of hydrogen-bond acceptors (Lipinski definition) is 5. The van der Waals surface area contributed by atoms with E-state index in [1.54, 1.807) is 42.5 Å². The molecule has 3 amide bonds. The number of nitrogens with zero attached hydrogens (tertiary/aromatic N) is 2. The van der Waals surface area contributed by atoms with Crippen LogP contribution in [0.15, 0.2) is 41.1 Å². The van der Waals surface area contributed by atoms with Crippen molar-refractivity contribution >= 4 is 29.1 Å². The molecule has 1 aromatic heterocycles. The fourth-order valence-corrected chi connectivity index (χ4v) is 5.47. The lowest BCUT2D eigenvalue weighted by molar-refractivity contribution is -0.144. The first-order valence-corrected chi connectivity index (χ1v) is 11.6. The Hall–Kier alpha value is -2.67. The third kappa shape index (κ3) is 4.11. The minimum atomic E-state index is -1.16. The van der Waals surface area contributed by atoms with Crippen molar-refractivity contribution in [1.82, 2.24) is 9.80 Å². The molecule has 7 heteroatoms. The number of hydrogen-bond donors (Lipinski definition) is 0. The van der Waals surface area contributed by atoms with E-state index in [4.69, 9.17) is 4.74 Å². The predicted molar refractivity (Wildman–Crippen MR) is 119 cm³/mol. The Kier molecular flexibility index (Phi) is 6.14. The first-order valence-electron chi connectivity index (χ1n) is 10.7. The number of ether oxygens (including phenoxy) is 1. The molecule has 1 atom stereocenters. The number of rotatable bonds is 7. The van der Waals surface area contributed by atoms with Crippen molar-refractivity contribution in [3.05, 3.63) is 52.2 Å². The summed E-state index contributed by atoms with van der Waals surface area (Å²) in [7, 11) is 3.33. The van der Waals surface area contributed by atoms with Crippen LogP contribution in [0.3, 0.4) is 0 Å². The van der Waals surface area contributed by atoms with Gasteiger partial charge in [0.05, 0.1) is 12.5 Å². The van der Waals surface area contributed by atoms with Gasteiger partial charge in [-0.25, -0.2) is 0 Å². The average molecular weight is 441 g/mol. The molecule has 1 saturated heterocycles. The van der Waals surface area contributed by atoms with Crippen LogP contribution in [-0.4, -0.2) is 47.7 Å². The molecule has 1 aliphatic heterocycles. The van der Waals surface area contributed by atoms with Gasteiger partial charge in [-0.05, 0) is 52.9 Å². The van der Waals surface area contributed by atoms with Gasteiger partial charge in [0, 0.05) is 32.5 Å². The number of carbonyl (C=O) groups is 3. The molecular formula is C24H28N2O4S. The van der Waals surface area contributed by atoms with Gasteiger partial charge in [-0.3, -0.25) is 19.3 Å². The number of imide groups is 1. The van der Waals surface area contributed by atoms with Crippen LogP contribution in [0.2, 0.25) is 0 Å². The van der Waals surface area contributed by atoms with Crippen LogP contribution in [0, 0.1) is 0 Å². The Morgan fingerprint density at radius 3 is 2.52 bits per heavy atom. The highest BCUT2D eigenvalue weighted by molar-refractivity contribution is 7.07. The zero-order valence-electron chi connectivity index (χ0n) is 18.0. The fourth-order valence-electron chi connectivity index (χ4n) is 4.81. The van der Waals surface area contributed by atoms with Crippen LogP contribution in [0.4, 0.5) is 0 Å². The number of benzene rings is 1. The normalized spacial score (nSPS) is 21.7. The second kappa shape index (κ2) is 8.83. The van der Waals surface area contributed by atoms with Gasteiger partial charge in [-0.15, -0.1) is 0 Å². The molecule has 0 bridgehead atoms. The smallest absolute Gasteiger partial charge is 0.241 e. The lowest BCUT2D eigenvalue weighted by Gasteiger charge is -2.30. The quantitative estimate of drug-likeness (QED) is 0.615. The molecule has 6 nitrogen and oxygen atoms in total. The minimum Gasteiger partial charge on any atom is -0.497 e. The summed E-state index contributed by atoms with van der Waals surface area (Å²) in [6.07, 6.45) is 3.77. The van der Waals surface area contributed by atoms with Crippen molar-refractivity contribution in [2.75, 3.05) is 14.2 Å². The zero-order valence-corrected chi connectivity index (χ0v) is 18.8. The summed E-state index contributed by atoms with van der Waals surface area (Å²) in [4.78, 5) is 43.1. The number of methoxy groups -OCH3 is 1. The highest BCUT2D eigenvalue weighted by Crippen LogP contribution is 2.43. The molecule has 164 valence electrons. The molecular weight excluding hydrogens is 412 g/mol. The van der Waals surface area contributed by atoms with Crippen molar-refractivity contribution in [1.29, 1.82) is 0 Å². The molecule has 0 spiro atoms. The van der Waals surface area contributed by atoms with Crippen LogP contribution in [-0.2, 0) is 26.3 Å². The van der Waals surface area contributed by atoms with E-state index in [0.29, 0.717) is 17.9 Å². The second-order valence-electron chi connectivity index (χ2n) is 8.55. The summed E-state index contributed by atoms with van der Waals surface area (Å²) >= 11 is 1.59. The van der Waals surface area contributed by atoms with E-state index in [1.807, 2.05) is 29.0 Å². The molecule has 0 N–H and O–H groups in total. The van der Waals surface area contributed by atoms with Crippen LogP contribution in [0.25, 0.3) is 0 Å². The molecule has 0 unspecified atom stereocenters. The Morgan fingerprint density at radius 2 is 1.90 bits per heavy atom. The summed E-state index contributed by atoms with van der Waals surface area (Å²) in [5.41, 5.74) is 0.594. The zero-order chi connectivity index (χ0) is 22.0. The van der Waals surface area contributed by atoms with Crippen LogP contribution >= 0.6 is 11.3 Å². The summed E-state index contributed by atoms with van der Waals surface area (Å²) in [6, 6.07) is 9.14. The van der Waals surface area contributed by atoms with Gasteiger partial charge in [0.15, 0.2) is 0 Å². The van der Waals surface area contributed by atoms with E-state index < -0.39 is 5.41 Å². The van der Waals surface area contributed by atoms with Crippen molar-refractivity contribution in [3.63, 3.8) is 0 Å².